The third kappa shape index (κ3) is 4.95. The lowest BCUT2D eigenvalue weighted by molar-refractivity contribution is 0.0601. The lowest BCUT2D eigenvalue weighted by atomic mass is 10.0. The van der Waals surface area contributed by atoms with Crippen molar-refractivity contribution in [2.45, 2.75) is 25.8 Å². The van der Waals surface area contributed by atoms with Crippen molar-refractivity contribution >= 4 is 28.3 Å². The Labute approximate surface area is 204 Å². The first-order valence-electron chi connectivity index (χ1n) is 11.9. The van der Waals surface area contributed by atoms with Crippen LogP contribution in [0.3, 0.4) is 0 Å². The zero-order valence-electron chi connectivity index (χ0n) is 19.7. The lowest BCUT2D eigenvalue weighted by Crippen LogP contribution is -2.28. The number of pyridine rings is 1. The molecule has 1 aliphatic heterocycles. The molecule has 1 saturated heterocycles. The Morgan fingerprint density at radius 3 is 2.49 bits per heavy atom. The van der Waals surface area contributed by atoms with Crippen molar-refractivity contribution in [3.05, 3.63) is 89.2 Å². The van der Waals surface area contributed by atoms with Gasteiger partial charge in [0.1, 0.15) is 0 Å². The number of aromatic nitrogens is 2. The van der Waals surface area contributed by atoms with Crippen molar-refractivity contribution in [3.63, 3.8) is 0 Å². The van der Waals surface area contributed by atoms with E-state index in [0.29, 0.717) is 27.7 Å². The quantitative estimate of drug-likeness (QED) is 0.299. The van der Waals surface area contributed by atoms with Gasteiger partial charge in [-0.1, -0.05) is 18.6 Å². The Bertz CT molecular complexity index is 1350. The van der Waals surface area contributed by atoms with E-state index in [1.165, 1.54) is 31.9 Å². The average Bonchev–Trinajstić information content (AvgIpc) is 3.23. The van der Waals surface area contributed by atoms with Gasteiger partial charge >= 0.3 is 5.97 Å². The number of aromatic amines is 1. The van der Waals surface area contributed by atoms with Crippen LogP contribution in [0.15, 0.2) is 72.0 Å². The van der Waals surface area contributed by atoms with Crippen LogP contribution >= 0.6 is 0 Å². The molecule has 5 rings (SSSR count). The number of H-pyrrole nitrogens is 1. The highest BCUT2D eigenvalue weighted by Gasteiger charge is 2.20. The molecule has 0 bridgehead atoms. The number of methoxy groups -OCH3 is 1. The van der Waals surface area contributed by atoms with Crippen molar-refractivity contribution in [2.75, 3.05) is 20.2 Å². The summed E-state index contributed by atoms with van der Waals surface area (Å²) >= 11 is 0. The number of esters is 1. The molecule has 2 N–H and O–H groups in total. The van der Waals surface area contributed by atoms with E-state index in [0.717, 1.165) is 30.9 Å². The van der Waals surface area contributed by atoms with Crippen LogP contribution in [0.5, 0.6) is 5.88 Å². The third-order valence-electron chi connectivity index (χ3n) is 6.42. The number of rotatable bonds is 6. The highest BCUT2D eigenvalue weighted by atomic mass is 16.5. The van der Waals surface area contributed by atoms with E-state index in [-0.39, 0.29) is 5.88 Å². The molecule has 0 radical (unpaired) electrons. The number of likely N-dealkylation sites (tertiary alicyclic amines) is 1. The molecule has 0 unspecified atom stereocenters. The second-order valence-electron chi connectivity index (χ2n) is 8.80. The van der Waals surface area contributed by atoms with Gasteiger partial charge in [0.2, 0.25) is 0 Å². The number of aliphatic imine (C=N–C) groups is 1. The van der Waals surface area contributed by atoms with Crippen LogP contribution in [0.25, 0.3) is 10.9 Å². The SMILES string of the molecule is COC(=O)c1ccc2[nH]c(O)c(C(=Nc3ccc(CN4CCCCC4)cc3)c3ccncc3)c2c1. The molecule has 2 aromatic carbocycles. The minimum atomic E-state index is -0.440. The molecule has 35 heavy (non-hydrogen) atoms. The van der Waals surface area contributed by atoms with Crippen molar-refractivity contribution in [3.8, 4) is 5.88 Å². The number of nitrogens with zero attached hydrogens (tertiary/aromatic N) is 3. The Kier molecular flexibility index (Phi) is 6.59. The van der Waals surface area contributed by atoms with E-state index < -0.39 is 5.97 Å². The topological polar surface area (TPSA) is 90.8 Å². The highest BCUT2D eigenvalue weighted by Crippen LogP contribution is 2.32. The number of fused-ring (bicyclic) bond motifs is 1. The van der Waals surface area contributed by atoms with Crippen molar-refractivity contribution < 1.29 is 14.6 Å². The van der Waals surface area contributed by atoms with Crippen molar-refractivity contribution in [1.29, 1.82) is 0 Å². The second-order valence-corrected chi connectivity index (χ2v) is 8.80. The van der Waals surface area contributed by atoms with E-state index in [9.17, 15) is 9.90 Å². The van der Waals surface area contributed by atoms with Crippen molar-refractivity contribution in [1.82, 2.24) is 14.9 Å². The summed E-state index contributed by atoms with van der Waals surface area (Å²) in [4.78, 5) is 26.7. The molecular formula is C28H28N4O3. The van der Waals surface area contributed by atoms with Gasteiger partial charge in [0.05, 0.1) is 29.6 Å². The molecule has 3 heterocycles. The Morgan fingerprint density at radius 1 is 1.03 bits per heavy atom. The second kappa shape index (κ2) is 10.1. The first-order chi connectivity index (χ1) is 17.1. The zero-order valence-corrected chi connectivity index (χ0v) is 19.7. The van der Waals surface area contributed by atoms with Gasteiger partial charge in [-0.3, -0.25) is 9.88 Å². The number of ether oxygens (including phenoxy) is 1. The minimum Gasteiger partial charge on any atom is -0.494 e. The number of hydrogen-bond acceptors (Lipinski definition) is 6. The van der Waals surface area contributed by atoms with E-state index >= 15 is 0 Å². The number of benzene rings is 2. The molecule has 7 heteroatoms. The summed E-state index contributed by atoms with van der Waals surface area (Å²) in [6.45, 7) is 3.25. The predicted octanol–water partition coefficient (Wildman–Crippen LogP) is 5.21. The van der Waals surface area contributed by atoms with Gasteiger partial charge in [-0.05, 0) is 74.0 Å². The third-order valence-corrected chi connectivity index (χ3v) is 6.42. The zero-order chi connectivity index (χ0) is 24.2. The molecule has 4 aromatic rings. The summed E-state index contributed by atoms with van der Waals surface area (Å²) in [6, 6.07) is 17.1. The van der Waals surface area contributed by atoms with Gasteiger partial charge in [0, 0.05) is 35.4 Å². The van der Waals surface area contributed by atoms with Gasteiger partial charge in [0.15, 0.2) is 5.88 Å². The molecular weight excluding hydrogens is 440 g/mol. The normalized spacial score (nSPS) is 14.8. The Balaban J connectivity index is 1.56. The number of piperidine rings is 1. The van der Waals surface area contributed by atoms with Crippen LogP contribution in [0, 0.1) is 0 Å². The number of hydrogen-bond donors (Lipinski definition) is 2. The van der Waals surface area contributed by atoms with Gasteiger partial charge < -0.3 is 14.8 Å². The van der Waals surface area contributed by atoms with E-state index in [4.69, 9.17) is 9.73 Å². The molecule has 0 spiro atoms. The van der Waals surface area contributed by atoms with E-state index in [1.54, 1.807) is 30.6 Å². The molecule has 1 fully saturated rings. The molecule has 0 amide bonds. The van der Waals surface area contributed by atoms with Crippen LogP contribution in [0.1, 0.15) is 46.3 Å². The van der Waals surface area contributed by atoms with Gasteiger partial charge in [-0.15, -0.1) is 0 Å². The molecule has 1 aliphatic rings. The summed E-state index contributed by atoms with van der Waals surface area (Å²) in [5.41, 5.74) is 5.04. The van der Waals surface area contributed by atoms with Crippen LogP contribution in [0.2, 0.25) is 0 Å². The summed E-state index contributed by atoms with van der Waals surface area (Å²) in [5, 5.41) is 11.6. The Hall–Kier alpha value is -3.97. The van der Waals surface area contributed by atoms with E-state index in [2.05, 4.69) is 27.0 Å². The molecule has 0 aliphatic carbocycles. The highest BCUT2D eigenvalue weighted by molar-refractivity contribution is 6.22. The lowest BCUT2D eigenvalue weighted by Gasteiger charge is -2.26. The summed E-state index contributed by atoms with van der Waals surface area (Å²) in [5.74, 6) is -0.454. The Morgan fingerprint density at radius 2 is 1.77 bits per heavy atom. The minimum absolute atomic E-state index is 0.0145. The van der Waals surface area contributed by atoms with Crippen LogP contribution < -0.4 is 0 Å². The maximum Gasteiger partial charge on any atom is 0.337 e. The molecule has 178 valence electrons. The predicted molar refractivity (Wildman–Crippen MR) is 136 cm³/mol. The smallest absolute Gasteiger partial charge is 0.337 e. The maximum atomic E-state index is 12.1. The number of nitrogens with one attached hydrogen (secondary N) is 1. The van der Waals surface area contributed by atoms with Crippen molar-refractivity contribution in [2.24, 2.45) is 4.99 Å². The monoisotopic (exact) mass is 468 g/mol. The number of carbonyl (C=O) groups is 1. The average molecular weight is 469 g/mol. The first kappa shape index (κ1) is 22.8. The van der Waals surface area contributed by atoms with Crippen LogP contribution in [0.4, 0.5) is 5.69 Å². The summed E-state index contributed by atoms with van der Waals surface area (Å²) < 4.78 is 4.88. The fraction of sp³-hybridized carbons (Fsp3) is 0.250. The van der Waals surface area contributed by atoms with Gasteiger partial charge in [-0.2, -0.15) is 0 Å². The molecule has 2 aromatic heterocycles. The van der Waals surface area contributed by atoms with Crippen LogP contribution in [-0.2, 0) is 11.3 Å². The fourth-order valence-corrected chi connectivity index (χ4v) is 4.62. The summed E-state index contributed by atoms with van der Waals surface area (Å²) in [6.07, 6.45) is 7.24. The standard InChI is InChI=1S/C28H28N4O3/c1-35-28(34)21-7-10-24-23(17-21)25(27(33)31-24)26(20-11-13-29-14-12-20)30-22-8-5-19(6-9-22)18-32-15-3-2-4-16-32/h5-14,17,31,33H,2-4,15-16,18H2,1H3. The van der Waals surface area contributed by atoms with Gasteiger partial charge in [-0.25, -0.2) is 9.79 Å². The number of aromatic hydroxyl groups is 1. The fourth-order valence-electron chi connectivity index (χ4n) is 4.62. The first-order valence-corrected chi connectivity index (χ1v) is 11.9. The summed E-state index contributed by atoms with van der Waals surface area (Å²) in [7, 11) is 1.35. The largest absolute Gasteiger partial charge is 0.494 e. The number of carbonyl (C=O) groups excluding carboxylic acids is 1. The van der Waals surface area contributed by atoms with Gasteiger partial charge in [0.25, 0.3) is 0 Å². The molecule has 7 nitrogen and oxygen atoms in total. The van der Waals surface area contributed by atoms with Crippen LogP contribution in [-0.4, -0.2) is 51.9 Å². The van der Waals surface area contributed by atoms with E-state index in [1.807, 2.05) is 24.3 Å². The molecule has 0 saturated carbocycles. The molecule has 0 atom stereocenters. The maximum absolute atomic E-state index is 12.1.